The Balaban J connectivity index is 1.52. The Morgan fingerprint density at radius 1 is 0.976 bits per heavy atom. The smallest absolute Gasteiger partial charge is 0.364 e. The molecule has 214 valence electrons. The molecule has 0 fully saturated rings. The molecule has 41 heavy (non-hydrogen) atoms. The number of aromatic carboxylic acids is 1. The van der Waals surface area contributed by atoms with Crippen molar-refractivity contribution in [3.05, 3.63) is 83.7 Å². The van der Waals surface area contributed by atoms with Crippen LogP contribution in [0.25, 0.3) is 10.9 Å². The van der Waals surface area contributed by atoms with E-state index < -0.39 is 17.8 Å². The molecular formula is C31H33FN4O4S. The number of hydrogen-bond donors (Lipinski definition) is 3. The molecule has 0 spiro atoms. The number of anilines is 1. The van der Waals surface area contributed by atoms with Crippen LogP contribution in [0.2, 0.25) is 0 Å². The van der Waals surface area contributed by atoms with Crippen molar-refractivity contribution in [3.8, 4) is 5.88 Å². The zero-order valence-electron chi connectivity index (χ0n) is 22.8. The maximum atomic E-state index is 13.2. The van der Waals surface area contributed by atoms with Gasteiger partial charge in [-0.3, -0.25) is 0 Å². The summed E-state index contributed by atoms with van der Waals surface area (Å²) in [6.07, 6.45) is 6.15. The number of carboxylic acids is 1. The van der Waals surface area contributed by atoms with Crippen LogP contribution in [0.1, 0.15) is 54.9 Å². The highest BCUT2D eigenvalue weighted by Gasteiger charge is 2.18. The van der Waals surface area contributed by atoms with E-state index >= 15 is 0 Å². The molecule has 0 aliphatic carbocycles. The number of hydrogen-bond acceptors (Lipinski definition) is 5. The maximum Gasteiger partial charge on any atom is 0.364 e. The molecule has 0 saturated heterocycles. The van der Waals surface area contributed by atoms with E-state index in [1.807, 2.05) is 34.9 Å². The molecule has 1 heterocycles. The SMILES string of the molecule is CCCCCCCn1c(O)c(N=NC(=O)Nc2ccc(F)cc2)c2cc(SCCc3ccc(C(=O)O)cc3)ccc21. The van der Waals surface area contributed by atoms with Gasteiger partial charge in [-0.1, -0.05) is 49.9 Å². The van der Waals surface area contributed by atoms with Crippen molar-refractivity contribution in [1.82, 2.24) is 4.57 Å². The fraction of sp³-hybridized carbons (Fsp3) is 0.290. The van der Waals surface area contributed by atoms with E-state index in [4.69, 9.17) is 5.11 Å². The molecule has 0 atom stereocenters. The van der Waals surface area contributed by atoms with Gasteiger partial charge in [0.2, 0.25) is 5.88 Å². The third kappa shape index (κ3) is 8.17. The van der Waals surface area contributed by atoms with Gasteiger partial charge in [-0.05, 0) is 73.0 Å². The number of carboxylic acid groups (broad SMARTS) is 1. The molecule has 10 heteroatoms. The van der Waals surface area contributed by atoms with Crippen LogP contribution >= 0.6 is 11.8 Å². The van der Waals surface area contributed by atoms with Crippen LogP contribution in [0.3, 0.4) is 0 Å². The summed E-state index contributed by atoms with van der Waals surface area (Å²) in [5.41, 5.74) is 2.70. The Labute approximate surface area is 242 Å². The highest BCUT2D eigenvalue weighted by Crippen LogP contribution is 2.41. The molecule has 8 nitrogen and oxygen atoms in total. The number of fused-ring (bicyclic) bond motifs is 1. The summed E-state index contributed by atoms with van der Waals surface area (Å²) in [5, 5.41) is 31.3. The molecule has 1 aromatic heterocycles. The summed E-state index contributed by atoms with van der Waals surface area (Å²) < 4.78 is 15.0. The minimum Gasteiger partial charge on any atom is -0.493 e. The van der Waals surface area contributed by atoms with Gasteiger partial charge in [-0.25, -0.2) is 14.0 Å². The Morgan fingerprint density at radius 3 is 2.41 bits per heavy atom. The number of nitrogens with zero attached hydrogens (tertiary/aromatic N) is 3. The molecule has 0 aliphatic rings. The zero-order chi connectivity index (χ0) is 29.2. The van der Waals surface area contributed by atoms with Crippen LogP contribution in [0.5, 0.6) is 5.88 Å². The lowest BCUT2D eigenvalue weighted by molar-refractivity contribution is 0.0697. The number of nitrogens with one attached hydrogen (secondary N) is 1. The second-order valence-electron chi connectivity index (χ2n) is 9.65. The van der Waals surface area contributed by atoms with Gasteiger partial charge in [0.1, 0.15) is 5.82 Å². The number of urea groups is 1. The van der Waals surface area contributed by atoms with Crippen LogP contribution in [0, 0.1) is 5.82 Å². The number of aromatic hydroxyl groups is 1. The minimum absolute atomic E-state index is 0.0468. The van der Waals surface area contributed by atoms with Crippen molar-refractivity contribution in [1.29, 1.82) is 0 Å². The summed E-state index contributed by atoms with van der Waals surface area (Å²) in [7, 11) is 0. The number of azo groups is 1. The number of rotatable bonds is 13. The predicted octanol–water partition coefficient (Wildman–Crippen LogP) is 8.81. The molecule has 4 rings (SSSR count). The van der Waals surface area contributed by atoms with Crippen molar-refractivity contribution < 1.29 is 24.2 Å². The molecule has 3 aromatic carbocycles. The van der Waals surface area contributed by atoms with Gasteiger partial charge in [0, 0.05) is 28.3 Å². The molecule has 0 saturated carbocycles. The Bertz CT molecular complexity index is 1520. The van der Waals surface area contributed by atoms with Crippen molar-refractivity contribution in [3.63, 3.8) is 0 Å². The van der Waals surface area contributed by atoms with E-state index in [0.29, 0.717) is 17.6 Å². The molecule has 0 unspecified atom stereocenters. The van der Waals surface area contributed by atoms with Gasteiger partial charge in [0.15, 0.2) is 5.69 Å². The molecule has 4 aromatic rings. The van der Waals surface area contributed by atoms with Crippen LogP contribution in [-0.2, 0) is 13.0 Å². The summed E-state index contributed by atoms with van der Waals surface area (Å²) >= 11 is 1.63. The molecule has 2 amide bonds. The Hall–Kier alpha value is -4.18. The number of carbonyl (C=O) groups excluding carboxylic acids is 1. The first kappa shape index (κ1) is 29.8. The standard InChI is InChI=1S/C31H33FN4O4S/c1-2-3-4-5-6-18-36-27-16-15-25(41-19-17-21-7-9-22(10-8-21)30(38)39)20-26(27)28(29(36)37)34-35-31(40)33-24-13-11-23(32)12-14-24/h7-16,20,37H,2-6,17-19H2,1H3,(H,33,40)(H,38,39). The van der Waals surface area contributed by atoms with Crippen LogP contribution in [0.4, 0.5) is 20.6 Å². The fourth-order valence-corrected chi connectivity index (χ4v) is 5.41. The first-order chi connectivity index (χ1) is 19.9. The van der Waals surface area contributed by atoms with Crippen LogP contribution in [0.15, 0.2) is 81.9 Å². The van der Waals surface area contributed by atoms with Gasteiger partial charge >= 0.3 is 12.0 Å². The highest BCUT2D eigenvalue weighted by atomic mass is 32.2. The number of aromatic nitrogens is 1. The largest absolute Gasteiger partial charge is 0.493 e. The minimum atomic E-state index is -0.948. The average molecular weight is 577 g/mol. The maximum absolute atomic E-state index is 13.2. The molecule has 0 bridgehead atoms. The van der Waals surface area contributed by atoms with Crippen LogP contribution < -0.4 is 5.32 Å². The van der Waals surface area contributed by atoms with E-state index in [-0.39, 0.29) is 17.1 Å². The Kier molecular flexibility index (Phi) is 10.5. The van der Waals surface area contributed by atoms with E-state index in [2.05, 4.69) is 22.5 Å². The topological polar surface area (TPSA) is 116 Å². The number of halogens is 1. The second-order valence-corrected chi connectivity index (χ2v) is 10.8. The summed E-state index contributed by atoms with van der Waals surface area (Å²) in [6.45, 7) is 2.78. The fourth-order valence-electron chi connectivity index (χ4n) is 4.47. The van der Waals surface area contributed by atoms with Gasteiger partial charge in [0.05, 0.1) is 11.1 Å². The van der Waals surface area contributed by atoms with Crippen LogP contribution in [-0.4, -0.2) is 32.5 Å². The van der Waals surface area contributed by atoms with Crippen molar-refractivity contribution >= 4 is 46.0 Å². The normalized spacial score (nSPS) is 11.4. The average Bonchev–Trinajstić information content (AvgIpc) is 3.22. The number of amides is 2. The third-order valence-electron chi connectivity index (χ3n) is 6.66. The lowest BCUT2D eigenvalue weighted by Crippen LogP contribution is -2.05. The van der Waals surface area contributed by atoms with E-state index in [1.54, 1.807) is 23.9 Å². The quantitative estimate of drug-likeness (QED) is 0.0835. The van der Waals surface area contributed by atoms with Crippen molar-refractivity contribution in [2.75, 3.05) is 11.1 Å². The van der Waals surface area contributed by atoms with Crippen molar-refractivity contribution in [2.24, 2.45) is 10.2 Å². The molecule has 0 aliphatic heterocycles. The lowest BCUT2D eigenvalue weighted by Gasteiger charge is -2.07. The highest BCUT2D eigenvalue weighted by molar-refractivity contribution is 7.99. The van der Waals surface area contributed by atoms with E-state index in [0.717, 1.165) is 53.8 Å². The number of benzene rings is 3. The number of thioether (sulfide) groups is 1. The summed E-state index contributed by atoms with van der Waals surface area (Å²) in [6, 6.07) is 17.3. The van der Waals surface area contributed by atoms with E-state index in [1.165, 1.54) is 30.7 Å². The van der Waals surface area contributed by atoms with Gasteiger partial charge < -0.3 is 20.1 Å². The Morgan fingerprint density at radius 2 is 1.71 bits per heavy atom. The van der Waals surface area contributed by atoms with Gasteiger partial charge in [-0.15, -0.1) is 16.9 Å². The monoisotopic (exact) mass is 576 g/mol. The number of carbonyl (C=O) groups is 2. The van der Waals surface area contributed by atoms with E-state index in [9.17, 15) is 19.1 Å². The molecule has 0 radical (unpaired) electrons. The predicted molar refractivity (Wildman–Crippen MR) is 160 cm³/mol. The summed E-state index contributed by atoms with van der Waals surface area (Å²) in [4.78, 5) is 24.4. The molecular weight excluding hydrogens is 543 g/mol. The van der Waals surface area contributed by atoms with Gasteiger partial charge in [0.25, 0.3) is 0 Å². The number of unbranched alkanes of at least 4 members (excludes halogenated alkanes) is 4. The lowest BCUT2D eigenvalue weighted by atomic mass is 10.1. The summed E-state index contributed by atoms with van der Waals surface area (Å²) in [5.74, 6) is -0.647. The number of aryl methyl sites for hydroxylation is 2. The van der Waals surface area contributed by atoms with Crippen molar-refractivity contribution in [2.45, 2.75) is 56.9 Å². The third-order valence-corrected chi connectivity index (χ3v) is 7.66. The first-order valence-electron chi connectivity index (χ1n) is 13.6. The first-order valence-corrected chi connectivity index (χ1v) is 14.6. The second kappa shape index (κ2) is 14.5. The molecule has 3 N–H and O–H groups in total. The zero-order valence-corrected chi connectivity index (χ0v) is 23.7. The van der Waals surface area contributed by atoms with Gasteiger partial charge in [-0.2, -0.15) is 0 Å².